The second kappa shape index (κ2) is 8.28. The summed E-state index contributed by atoms with van der Waals surface area (Å²) in [6.45, 7) is 7.71. The predicted molar refractivity (Wildman–Crippen MR) is 108 cm³/mol. The van der Waals surface area contributed by atoms with Crippen molar-refractivity contribution in [2.75, 3.05) is 33.0 Å². The fraction of sp³-hybridized carbons (Fsp3) is 0.667. The van der Waals surface area contributed by atoms with E-state index < -0.39 is 0 Å². The first kappa shape index (κ1) is 18.8. The van der Waals surface area contributed by atoms with Crippen molar-refractivity contribution in [1.82, 2.24) is 30.0 Å². The van der Waals surface area contributed by atoms with Gasteiger partial charge in [0.05, 0.1) is 12.1 Å². The Morgan fingerprint density at radius 1 is 1.07 bits per heavy atom. The lowest BCUT2D eigenvalue weighted by Crippen LogP contribution is -2.47. The van der Waals surface area contributed by atoms with Gasteiger partial charge in [0.2, 0.25) is 6.79 Å². The number of tetrazole rings is 1. The monoisotopic (exact) mass is 398 g/mol. The molecule has 29 heavy (non-hydrogen) atoms. The van der Waals surface area contributed by atoms with Crippen LogP contribution >= 0.6 is 0 Å². The Morgan fingerprint density at radius 2 is 1.86 bits per heavy atom. The van der Waals surface area contributed by atoms with Crippen molar-refractivity contribution in [3.8, 4) is 11.5 Å². The van der Waals surface area contributed by atoms with E-state index in [0.29, 0.717) is 18.9 Å². The van der Waals surface area contributed by atoms with Gasteiger partial charge in [-0.3, -0.25) is 9.80 Å². The molecule has 8 heteroatoms. The lowest BCUT2D eigenvalue weighted by atomic mass is 10.1. The molecule has 1 saturated heterocycles. The van der Waals surface area contributed by atoms with Gasteiger partial charge in [-0.15, -0.1) is 5.10 Å². The number of aromatic nitrogens is 4. The Bertz CT molecular complexity index is 826. The van der Waals surface area contributed by atoms with Crippen LogP contribution in [0, 0.1) is 0 Å². The molecule has 8 nitrogen and oxygen atoms in total. The minimum absolute atomic E-state index is 0.304. The molecule has 2 fully saturated rings. The minimum Gasteiger partial charge on any atom is -0.454 e. The molecule has 1 atom stereocenters. The molecule has 156 valence electrons. The highest BCUT2D eigenvalue weighted by molar-refractivity contribution is 5.44. The maximum Gasteiger partial charge on any atom is 0.231 e. The summed E-state index contributed by atoms with van der Waals surface area (Å²) in [6, 6.07) is 7.06. The van der Waals surface area contributed by atoms with Crippen molar-refractivity contribution in [1.29, 1.82) is 0 Å². The topological polar surface area (TPSA) is 68.5 Å². The van der Waals surface area contributed by atoms with E-state index in [1.807, 2.05) is 6.07 Å². The number of hydrogen-bond acceptors (Lipinski definition) is 7. The third-order valence-corrected chi connectivity index (χ3v) is 6.56. The zero-order valence-corrected chi connectivity index (χ0v) is 17.2. The van der Waals surface area contributed by atoms with Gasteiger partial charge in [-0.05, 0) is 47.4 Å². The molecule has 3 heterocycles. The maximum absolute atomic E-state index is 5.52. The van der Waals surface area contributed by atoms with Crippen LogP contribution in [0.4, 0.5) is 0 Å². The van der Waals surface area contributed by atoms with Crippen molar-refractivity contribution in [3.05, 3.63) is 29.6 Å². The van der Waals surface area contributed by atoms with E-state index in [-0.39, 0.29) is 0 Å². The van der Waals surface area contributed by atoms with E-state index in [2.05, 4.69) is 49.1 Å². The largest absolute Gasteiger partial charge is 0.454 e. The average molecular weight is 399 g/mol. The number of nitrogens with zero attached hydrogens (tertiary/aromatic N) is 6. The molecule has 0 radical (unpaired) electrons. The quantitative estimate of drug-likeness (QED) is 0.741. The fourth-order valence-electron chi connectivity index (χ4n) is 4.96. The van der Waals surface area contributed by atoms with Crippen LogP contribution < -0.4 is 9.47 Å². The van der Waals surface area contributed by atoms with Gasteiger partial charge < -0.3 is 9.47 Å². The van der Waals surface area contributed by atoms with Gasteiger partial charge in [-0.25, -0.2) is 4.68 Å². The average Bonchev–Trinajstić information content (AvgIpc) is 3.51. The third-order valence-electron chi connectivity index (χ3n) is 6.56. The summed E-state index contributed by atoms with van der Waals surface area (Å²) < 4.78 is 13.1. The van der Waals surface area contributed by atoms with Gasteiger partial charge in [0, 0.05) is 32.7 Å². The van der Waals surface area contributed by atoms with Crippen LogP contribution in [0.15, 0.2) is 18.2 Å². The second-order valence-electron chi connectivity index (χ2n) is 8.34. The minimum atomic E-state index is 0.304. The van der Waals surface area contributed by atoms with Crippen molar-refractivity contribution in [2.45, 2.75) is 57.7 Å². The van der Waals surface area contributed by atoms with Crippen LogP contribution in [-0.4, -0.2) is 63.0 Å². The molecule has 1 aromatic heterocycles. The van der Waals surface area contributed by atoms with Gasteiger partial charge in [0.25, 0.3) is 0 Å². The van der Waals surface area contributed by atoms with Gasteiger partial charge in [-0.1, -0.05) is 25.8 Å². The molecule has 1 aliphatic carbocycles. The molecule has 1 aromatic carbocycles. The summed E-state index contributed by atoms with van der Waals surface area (Å²) >= 11 is 0. The Balaban J connectivity index is 1.21. The number of ether oxygens (including phenoxy) is 2. The normalized spacial score (nSPS) is 21.7. The van der Waals surface area contributed by atoms with Gasteiger partial charge in [0.1, 0.15) is 0 Å². The van der Waals surface area contributed by atoms with E-state index in [0.717, 1.165) is 56.5 Å². The van der Waals surface area contributed by atoms with Crippen molar-refractivity contribution in [3.63, 3.8) is 0 Å². The van der Waals surface area contributed by atoms with Crippen LogP contribution in [0.1, 0.15) is 62.5 Å². The smallest absolute Gasteiger partial charge is 0.231 e. The first-order valence-corrected chi connectivity index (χ1v) is 10.9. The summed E-state index contributed by atoms with van der Waals surface area (Å²) in [6.07, 6.45) is 6.03. The van der Waals surface area contributed by atoms with Crippen molar-refractivity contribution < 1.29 is 9.47 Å². The van der Waals surface area contributed by atoms with E-state index in [9.17, 15) is 0 Å². The zero-order chi connectivity index (χ0) is 19.6. The summed E-state index contributed by atoms with van der Waals surface area (Å²) in [4.78, 5) is 5.08. The van der Waals surface area contributed by atoms with Gasteiger partial charge in [0.15, 0.2) is 17.3 Å². The number of hydrogen-bond donors (Lipinski definition) is 0. The molecular formula is C21H30N6O2. The Kier molecular flexibility index (Phi) is 5.37. The molecule has 3 aliphatic rings. The highest BCUT2D eigenvalue weighted by Gasteiger charge is 2.30. The summed E-state index contributed by atoms with van der Waals surface area (Å²) in [5.41, 5.74) is 1.28. The Hall–Kier alpha value is -2.19. The Morgan fingerprint density at radius 3 is 2.66 bits per heavy atom. The first-order chi connectivity index (χ1) is 14.3. The van der Waals surface area contributed by atoms with Crippen LogP contribution in [0.25, 0.3) is 0 Å². The highest BCUT2D eigenvalue weighted by Crippen LogP contribution is 2.34. The summed E-state index contributed by atoms with van der Waals surface area (Å²) in [7, 11) is 0. The van der Waals surface area contributed by atoms with Crippen molar-refractivity contribution >= 4 is 0 Å². The molecular weight excluding hydrogens is 368 g/mol. The molecule has 2 aliphatic heterocycles. The molecule has 0 bridgehead atoms. The maximum atomic E-state index is 5.52. The van der Waals surface area contributed by atoms with Crippen molar-refractivity contribution in [2.24, 2.45) is 0 Å². The van der Waals surface area contributed by atoms with Crippen LogP contribution in [-0.2, 0) is 6.54 Å². The second-order valence-corrected chi connectivity index (χ2v) is 8.34. The molecule has 1 saturated carbocycles. The SMILES string of the molecule is CC[C@@H](c1nnnn1C1CCCC1)N1CCN(Cc2ccc3c(c2)OCO3)CC1. The lowest BCUT2D eigenvalue weighted by Gasteiger charge is -2.38. The predicted octanol–water partition coefficient (Wildman–Crippen LogP) is 2.79. The van der Waals surface area contributed by atoms with E-state index >= 15 is 0 Å². The lowest BCUT2D eigenvalue weighted by molar-refractivity contribution is 0.0833. The standard InChI is InChI=1S/C21H30N6O2/c1-2-18(21-22-23-24-27(21)17-5-3-4-6-17)26-11-9-25(10-12-26)14-16-7-8-19-20(13-16)29-15-28-19/h7-8,13,17-18H,2-6,9-12,14-15H2,1H3/t18-/m0/s1. The van der Waals surface area contributed by atoms with Gasteiger partial charge in [-0.2, -0.15) is 0 Å². The van der Waals surface area contributed by atoms with E-state index in [1.165, 1.54) is 31.2 Å². The fourth-order valence-corrected chi connectivity index (χ4v) is 4.96. The van der Waals surface area contributed by atoms with Crippen LogP contribution in [0.3, 0.4) is 0 Å². The van der Waals surface area contributed by atoms with E-state index in [4.69, 9.17) is 9.47 Å². The molecule has 2 aromatic rings. The number of fused-ring (bicyclic) bond motifs is 1. The zero-order valence-electron chi connectivity index (χ0n) is 17.2. The van der Waals surface area contributed by atoms with E-state index in [1.54, 1.807) is 0 Å². The molecule has 0 N–H and O–H groups in total. The van der Waals surface area contributed by atoms with Crippen LogP contribution in [0.2, 0.25) is 0 Å². The molecule has 0 unspecified atom stereocenters. The highest BCUT2D eigenvalue weighted by atomic mass is 16.7. The number of rotatable bonds is 6. The number of benzene rings is 1. The first-order valence-electron chi connectivity index (χ1n) is 10.9. The third kappa shape index (κ3) is 3.83. The van der Waals surface area contributed by atoms with Crippen LogP contribution in [0.5, 0.6) is 11.5 Å². The van der Waals surface area contributed by atoms with Gasteiger partial charge >= 0.3 is 0 Å². The number of piperazine rings is 1. The summed E-state index contributed by atoms with van der Waals surface area (Å²) in [5, 5.41) is 12.8. The molecule has 5 rings (SSSR count). The molecule has 0 amide bonds. The molecule has 0 spiro atoms. The summed E-state index contributed by atoms with van der Waals surface area (Å²) in [5.74, 6) is 2.78. The Labute approximate surface area is 171 Å².